The Labute approximate surface area is 96.2 Å². The van der Waals surface area contributed by atoms with Gasteiger partial charge in [0, 0.05) is 14.1 Å². The van der Waals surface area contributed by atoms with E-state index in [1.807, 2.05) is 31.2 Å². The van der Waals surface area contributed by atoms with Crippen molar-refractivity contribution in [1.82, 2.24) is 10.4 Å². The highest BCUT2D eigenvalue weighted by Gasteiger charge is 2.02. The van der Waals surface area contributed by atoms with Crippen LogP contribution in [0.4, 0.5) is 0 Å². The largest absolute Gasteiger partial charge is 0.493 e. The summed E-state index contributed by atoms with van der Waals surface area (Å²) in [5, 5.41) is 1.62. The molecule has 88 valence electrons. The van der Waals surface area contributed by atoms with Gasteiger partial charge < -0.3 is 4.74 Å². The molecule has 0 atom stereocenters. The summed E-state index contributed by atoms with van der Waals surface area (Å²) in [5.74, 6) is 0.760. The standard InChI is InChI=1S/C12H18N2O2/c1-10-5-4-6-11(9-10)16-8-7-12(15)13-14(2)3/h4-6,9H,7-8H2,1-3H3,(H,13,15). The summed E-state index contributed by atoms with van der Waals surface area (Å²) in [6, 6.07) is 7.77. The summed E-state index contributed by atoms with van der Waals surface area (Å²) in [5.41, 5.74) is 3.80. The predicted molar refractivity (Wildman–Crippen MR) is 63.1 cm³/mol. The van der Waals surface area contributed by atoms with Crippen LogP contribution in [-0.2, 0) is 4.79 Å². The van der Waals surface area contributed by atoms with Crippen LogP contribution in [-0.4, -0.2) is 31.6 Å². The Hall–Kier alpha value is -1.55. The minimum atomic E-state index is -0.0438. The number of carbonyl (C=O) groups excluding carboxylic acids is 1. The molecular formula is C12H18N2O2. The van der Waals surface area contributed by atoms with Crippen LogP contribution in [0.5, 0.6) is 5.75 Å². The van der Waals surface area contributed by atoms with E-state index in [1.54, 1.807) is 19.1 Å². The maximum absolute atomic E-state index is 11.3. The number of nitrogens with zero attached hydrogens (tertiary/aromatic N) is 1. The number of hydrazine groups is 1. The Morgan fingerprint density at radius 2 is 2.19 bits per heavy atom. The van der Waals surface area contributed by atoms with E-state index in [4.69, 9.17) is 4.74 Å². The summed E-state index contributed by atoms with van der Waals surface area (Å²) in [6.07, 6.45) is 0.353. The molecule has 4 nitrogen and oxygen atoms in total. The third-order valence-corrected chi connectivity index (χ3v) is 1.94. The first-order valence-corrected chi connectivity index (χ1v) is 5.24. The molecule has 0 fully saturated rings. The topological polar surface area (TPSA) is 41.6 Å². The highest BCUT2D eigenvalue weighted by atomic mass is 16.5. The third kappa shape index (κ3) is 4.79. The zero-order valence-corrected chi connectivity index (χ0v) is 9.99. The average Bonchev–Trinajstić information content (AvgIpc) is 2.16. The Kier molecular flexibility index (Phi) is 4.79. The number of hydrogen-bond donors (Lipinski definition) is 1. The molecule has 0 saturated carbocycles. The first-order chi connectivity index (χ1) is 7.58. The summed E-state index contributed by atoms with van der Waals surface area (Å²) in [7, 11) is 3.55. The van der Waals surface area contributed by atoms with Crippen molar-refractivity contribution in [2.45, 2.75) is 13.3 Å². The maximum atomic E-state index is 11.3. The molecule has 0 aliphatic heterocycles. The smallest absolute Gasteiger partial charge is 0.237 e. The van der Waals surface area contributed by atoms with E-state index in [-0.39, 0.29) is 5.91 Å². The van der Waals surface area contributed by atoms with Crippen LogP contribution in [0.3, 0.4) is 0 Å². The molecule has 4 heteroatoms. The molecule has 1 amide bonds. The van der Waals surface area contributed by atoms with E-state index < -0.39 is 0 Å². The molecule has 0 aliphatic carbocycles. The summed E-state index contributed by atoms with van der Waals surface area (Å²) >= 11 is 0. The lowest BCUT2D eigenvalue weighted by Crippen LogP contribution is -2.36. The summed E-state index contributed by atoms with van der Waals surface area (Å²) < 4.78 is 5.46. The van der Waals surface area contributed by atoms with Crippen molar-refractivity contribution < 1.29 is 9.53 Å². The minimum absolute atomic E-state index is 0.0438. The van der Waals surface area contributed by atoms with Crippen molar-refractivity contribution in [1.29, 1.82) is 0 Å². The van der Waals surface area contributed by atoms with Crippen molar-refractivity contribution in [3.8, 4) is 5.75 Å². The van der Waals surface area contributed by atoms with Crippen molar-refractivity contribution in [3.05, 3.63) is 29.8 Å². The first kappa shape index (κ1) is 12.5. The van der Waals surface area contributed by atoms with Crippen LogP contribution >= 0.6 is 0 Å². The number of benzene rings is 1. The highest BCUT2D eigenvalue weighted by Crippen LogP contribution is 2.12. The SMILES string of the molecule is Cc1cccc(OCCC(=O)NN(C)C)c1. The van der Waals surface area contributed by atoms with E-state index >= 15 is 0 Å². The molecule has 0 aliphatic rings. The van der Waals surface area contributed by atoms with Gasteiger partial charge >= 0.3 is 0 Å². The second-order valence-corrected chi connectivity index (χ2v) is 3.84. The van der Waals surface area contributed by atoms with Crippen LogP contribution in [0.1, 0.15) is 12.0 Å². The van der Waals surface area contributed by atoms with E-state index in [0.29, 0.717) is 13.0 Å². The number of rotatable bonds is 5. The van der Waals surface area contributed by atoms with Gasteiger partial charge in [0.1, 0.15) is 5.75 Å². The Morgan fingerprint density at radius 3 is 2.81 bits per heavy atom. The van der Waals surface area contributed by atoms with Crippen molar-refractivity contribution in [3.63, 3.8) is 0 Å². The molecule has 0 bridgehead atoms. The lowest BCUT2D eigenvalue weighted by Gasteiger charge is -2.12. The fraction of sp³-hybridized carbons (Fsp3) is 0.417. The number of ether oxygens (including phenoxy) is 1. The fourth-order valence-electron chi connectivity index (χ4n) is 1.27. The predicted octanol–water partition coefficient (Wildman–Crippen LogP) is 1.36. The van der Waals surface area contributed by atoms with Crippen molar-refractivity contribution in [2.75, 3.05) is 20.7 Å². The fourth-order valence-corrected chi connectivity index (χ4v) is 1.27. The normalized spacial score (nSPS) is 10.2. The minimum Gasteiger partial charge on any atom is -0.493 e. The van der Waals surface area contributed by atoms with E-state index in [1.165, 1.54) is 0 Å². The van der Waals surface area contributed by atoms with E-state index in [0.717, 1.165) is 11.3 Å². The van der Waals surface area contributed by atoms with Crippen LogP contribution in [0, 0.1) is 6.92 Å². The van der Waals surface area contributed by atoms with E-state index in [2.05, 4.69) is 5.43 Å². The van der Waals surface area contributed by atoms with Gasteiger partial charge in [0.05, 0.1) is 13.0 Å². The summed E-state index contributed by atoms with van der Waals surface area (Å²) in [6.45, 7) is 2.40. The quantitative estimate of drug-likeness (QED) is 0.765. The second-order valence-electron chi connectivity index (χ2n) is 3.84. The molecule has 0 saturated heterocycles. The molecule has 1 aromatic rings. The van der Waals surface area contributed by atoms with Crippen molar-refractivity contribution in [2.24, 2.45) is 0 Å². The third-order valence-electron chi connectivity index (χ3n) is 1.94. The van der Waals surface area contributed by atoms with Crippen LogP contribution < -0.4 is 10.2 Å². The Bertz CT molecular complexity index is 351. The Balaban J connectivity index is 2.28. The number of amides is 1. The first-order valence-electron chi connectivity index (χ1n) is 5.24. The number of hydrogen-bond acceptors (Lipinski definition) is 3. The molecule has 16 heavy (non-hydrogen) atoms. The molecule has 0 heterocycles. The van der Waals surface area contributed by atoms with Gasteiger partial charge in [-0.1, -0.05) is 12.1 Å². The number of aryl methyl sites for hydroxylation is 1. The van der Waals surface area contributed by atoms with Gasteiger partial charge in [0.15, 0.2) is 0 Å². The molecule has 1 rings (SSSR count). The molecule has 0 spiro atoms. The van der Waals surface area contributed by atoms with Crippen LogP contribution in [0.2, 0.25) is 0 Å². The molecule has 0 aromatic heterocycles. The number of carbonyl (C=O) groups is 1. The average molecular weight is 222 g/mol. The molecule has 0 unspecified atom stereocenters. The van der Waals surface area contributed by atoms with Crippen LogP contribution in [0.15, 0.2) is 24.3 Å². The van der Waals surface area contributed by atoms with E-state index in [9.17, 15) is 4.79 Å². The van der Waals surface area contributed by atoms with Gasteiger partial charge in [0.25, 0.3) is 0 Å². The molecule has 1 N–H and O–H groups in total. The lowest BCUT2D eigenvalue weighted by molar-refractivity contribution is -0.125. The highest BCUT2D eigenvalue weighted by molar-refractivity contribution is 5.75. The van der Waals surface area contributed by atoms with Gasteiger partial charge in [0.2, 0.25) is 5.91 Å². The van der Waals surface area contributed by atoms with Gasteiger partial charge in [-0.3, -0.25) is 10.2 Å². The second kappa shape index (κ2) is 6.12. The van der Waals surface area contributed by atoms with Gasteiger partial charge in [-0.2, -0.15) is 0 Å². The van der Waals surface area contributed by atoms with Gasteiger partial charge in [-0.15, -0.1) is 0 Å². The zero-order valence-electron chi connectivity index (χ0n) is 9.99. The maximum Gasteiger partial charge on any atom is 0.237 e. The van der Waals surface area contributed by atoms with Gasteiger partial charge in [-0.25, -0.2) is 5.01 Å². The number of nitrogens with one attached hydrogen (secondary N) is 1. The lowest BCUT2D eigenvalue weighted by atomic mass is 10.2. The Morgan fingerprint density at radius 1 is 1.44 bits per heavy atom. The monoisotopic (exact) mass is 222 g/mol. The van der Waals surface area contributed by atoms with Crippen LogP contribution in [0.25, 0.3) is 0 Å². The van der Waals surface area contributed by atoms with Gasteiger partial charge in [-0.05, 0) is 24.6 Å². The molecule has 0 radical (unpaired) electrons. The molecular weight excluding hydrogens is 204 g/mol. The molecule has 1 aromatic carbocycles. The van der Waals surface area contributed by atoms with Crippen molar-refractivity contribution >= 4 is 5.91 Å². The zero-order chi connectivity index (χ0) is 12.0. The summed E-state index contributed by atoms with van der Waals surface area (Å²) in [4.78, 5) is 11.3.